The average Bonchev–Trinajstić information content (AvgIpc) is 2.92. The molecule has 0 saturated heterocycles. The van der Waals surface area contributed by atoms with Crippen LogP contribution in [0.2, 0.25) is 0 Å². The van der Waals surface area contributed by atoms with Crippen LogP contribution in [0, 0.1) is 21.4 Å². The number of hydrogen-bond acceptors (Lipinski definition) is 5. The molecule has 0 atom stereocenters. The van der Waals surface area contributed by atoms with E-state index in [0.717, 1.165) is 116 Å². The third-order valence-electron chi connectivity index (χ3n) is 6.51. The fraction of sp³-hybridized carbons (Fsp3) is 0.600. The minimum absolute atomic E-state index is 0.264. The lowest BCUT2D eigenvalue weighted by molar-refractivity contribution is 0.145. The highest BCUT2D eigenvalue weighted by Crippen LogP contribution is 2.43. The topological polar surface area (TPSA) is 74.2 Å². The lowest BCUT2D eigenvalue weighted by atomic mass is 10.1. The Morgan fingerprint density at radius 2 is 0.721 bits per heavy atom. The summed E-state index contributed by atoms with van der Waals surface area (Å²) in [6.07, 6.45) is 14.8. The monoisotopic (exact) mass is 1290 g/mol. The summed E-state index contributed by atoms with van der Waals surface area (Å²) in [6, 6.07) is 8.56. The van der Waals surface area contributed by atoms with E-state index in [1.54, 1.807) is 0 Å². The number of benzene rings is 2. The van der Waals surface area contributed by atoms with Crippen LogP contribution in [0.25, 0.3) is 0 Å². The first kappa shape index (κ1) is 41.7. The van der Waals surface area contributed by atoms with Crippen molar-refractivity contribution >= 4 is 143 Å². The van der Waals surface area contributed by atoms with Crippen molar-refractivity contribution in [2.75, 3.05) is 26.4 Å². The Bertz CT molecular complexity index is 1010. The Kier molecular flexibility index (Phi) is 23.9. The van der Waals surface area contributed by atoms with Crippen LogP contribution in [0.5, 0.6) is 11.5 Å². The van der Waals surface area contributed by atoms with E-state index >= 15 is 0 Å². The predicted octanol–water partition coefficient (Wildman–Crippen LogP) is 12.4. The van der Waals surface area contributed by atoms with Crippen molar-refractivity contribution in [3.8, 4) is 11.5 Å². The third kappa shape index (κ3) is 19.3. The Morgan fingerprint density at radius 1 is 0.465 bits per heavy atom. The van der Waals surface area contributed by atoms with Gasteiger partial charge in [-0.3, -0.25) is 9.05 Å². The van der Waals surface area contributed by atoms with E-state index in [4.69, 9.17) is 18.5 Å². The molecule has 0 aromatic heterocycles. The summed E-state index contributed by atoms with van der Waals surface area (Å²) in [5, 5.41) is 0. The van der Waals surface area contributed by atoms with E-state index in [1.165, 1.54) is 20.0 Å². The molecule has 0 saturated carbocycles. The highest BCUT2D eigenvalue weighted by Gasteiger charge is 2.20. The van der Waals surface area contributed by atoms with Crippen LogP contribution in [0.3, 0.4) is 0 Å². The maximum atomic E-state index is 12.1. The van der Waals surface area contributed by atoms with Crippen molar-refractivity contribution < 1.29 is 28.0 Å². The Morgan fingerprint density at radius 3 is 1.02 bits per heavy atom. The molecule has 0 aliphatic rings. The molecule has 13 heteroatoms. The van der Waals surface area contributed by atoms with E-state index in [2.05, 4.69) is 160 Å². The first-order chi connectivity index (χ1) is 20.6. The molecule has 0 spiro atoms. The lowest BCUT2D eigenvalue weighted by Crippen LogP contribution is -2.01. The van der Waals surface area contributed by atoms with Gasteiger partial charge in [-0.25, -0.2) is 4.57 Å². The number of ether oxygens (including phenoxy) is 2. The SMILES string of the molecule is O=P(O)(OCCCCCCCCCOc1c(I)cc(I)cc1I)OCCCCCCCCCOc1c(I)cc(I)cc1I. The van der Waals surface area contributed by atoms with Gasteiger partial charge in [-0.15, -0.1) is 0 Å². The van der Waals surface area contributed by atoms with Crippen molar-refractivity contribution in [1.29, 1.82) is 0 Å². The summed E-state index contributed by atoms with van der Waals surface area (Å²) in [7, 11) is -3.94. The summed E-state index contributed by atoms with van der Waals surface area (Å²) in [5.74, 6) is 2.00. The van der Waals surface area contributed by atoms with E-state index in [9.17, 15) is 9.46 Å². The normalized spacial score (nSPS) is 11.7. The standard InChI is InChI=1S/C30H41I6O6P/c31-23-19-25(33)29(26(34)20-23)39-15-11-7-3-1-5-9-13-17-41-43(37,38)42-18-14-10-6-2-4-8-12-16-40-30-27(35)21-24(32)22-28(30)36/h19-22H,1-18H2,(H,37,38). The highest BCUT2D eigenvalue weighted by molar-refractivity contribution is 14.1. The molecule has 0 aliphatic heterocycles. The Balaban J connectivity index is 1.35. The molecule has 2 rings (SSSR count). The Labute approximate surface area is 339 Å². The van der Waals surface area contributed by atoms with Crippen molar-refractivity contribution in [1.82, 2.24) is 0 Å². The molecule has 0 aliphatic carbocycles. The summed E-state index contributed by atoms with van der Waals surface area (Å²) < 4.78 is 41.5. The van der Waals surface area contributed by atoms with Crippen molar-refractivity contribution in [3.63, 3.8) is 0 Å². The maximum Gasteiger partial charge on any atom is 0.472 e. The Hall–Kier alpha value is 2.53. The molecule has 0 unspecified atom stereocenters. The predicted molar refractivity (Wildman–Crippen MR) is 227 cm³/mol. The molecule has 0 bridgehead atoms. The molecular formula is C30H41I6O6P. The smallest absolute Gasteiger partial charge is 0.472 e. The largest absolute Gasteiger partial charge is 0.491 e. The molecule has 0 radical (unpaired) electrons. The van der Waals surface area contributed by atoms with E-state index in [0.29, 0.717) is 0 Å². The van der Waals surface area contributed by atoms with Gasteiger partial charge in [-0.2, -0.15) is 0 Å². The number of halogens is 6. The average molecular weight is 1290 g/mol. The molecule has 1 N–H and O–H groups in total. The fourth-order valence-electron chi connectivity index (χ4n) is 4.26. The van der Waals surface area contributed by atoms with Gasteiger partial charge in [-0.05, 0) is 185 Å². The second-order valence-corrected chi connectivity index (χ2v) is 18.8. The molecule has 0 amide bonds. The van der Waals surface area contributed by atoms with Crippen molar-refractivity contribution in [2.45, 2.75) is 89.9 Å². The van der Waals surface area contributed by atoms with Gasteiger partial charge < -0.3 is 14.4 Å². The fourth-order valence-corrected chi connectivity index (χ4v) is 12.8. The number of rotatable bonds is 24. The zero-order valence-corrected chi connectivity index (χ0v) is 38.1. The zero-order chi connectivity index (χ0) is 31.5. The first-order valence-corrected chi connectivity index (χ1v) is 22.7. The molecular weight excluding hydrogens is 1250 g/mol. The molecule has 2 aromatic carbocycles. The number of unbranched alkanes of at least 4 members (excludes halogenated alkanes) is 12. The van der Waals surface area contributed by atoms with Crippen LogP contribution in [-0.4, -0.2) is 31.3 Å². The molecule has 6 nitrogen and oxygen atoms in total. The van der Waals surface area contributed by atoms with Gasteiger partial charge in [0, 0.05) is 7.14 Å². The molecule has 244 valence electrons. The molecule has 2 aromatic rings. The first-order valence-electron chi connectivity index (χ1n) is 14.8. The number of phosphoric acid groups is 1. The number of hydrogen-bond donors (Lipinski definition) is 1. The highest BCUT2D eigenvalue weighted by atomic mass is 127. The summed E-state index contributed by atoms with van der Waals surface area (Å²) in [4.78, 5) is 9.91. The van der Waals surface area contributed by atoms with Gasteiger partial charge >= 0.3 is 7.82 Å². The van der Waals surface area contributed by atoms with E-state index < -0.39 is 7.82 Å². The van der Waals surface area contributed by atoms with Crippen LogP contribution in [0.15, 0.2) is 24.3 Å². The van der Waals surface area contributed by atoms with Crippen molar-refractivity contribution in [2.24, 2.45) is 0 Å². The van der Waals surface area contributed by atoms with E-state index in [-0.39, 0.29) is 13.2 Å². The molecule has 0 fully saturated rings. The molecule has 43 heavy (non-hydrogen) atoms. The van der Waals surface area contributed by atoms with Crippen LogP contribution in [-0.2, 0) is 13.6 Å². The van der Waals surface area contributed by atoms with Gasteiger partial charge in [0.25, 0.3) is 0 Å². The summed E-state index contributed by atoms with van der Waals surface area (Å²) >= 11 is 14.0. The minimum Gasteiger partial charge on any atom is -0.491 e. The minimum atomic E-state index is -3.94. The van der Waals surface area contributed by atoms with Crippen LogP contribution in [0.4, 0.5) is 0 Å². The van der Waals surface area contributed by atoms with Gasteiger partial charge in [0.2, 0.25) is 0 Å². The van der Waals surface area contributed by atoms with Gasteiger partial charge in [0.1, 0.15) is 11.5 Å². The zero-order valence-electron chi connectivity index (χ0n) is 24.2. The van der Waals surface area contributed by atoms with Gasteiger partial charge in [0.15, 0.2) is 0 Å². The van der Waals surface area contributed by atoms with Gasteiger partial charge in [0.05, 0.1) is 40.7 Å². The van der Waals surface area contributed by atoms with Crippen LogP contribution >= 0.6 is 143 Å². The quantitative estimate of drug-likeness (QED) is 0.0641. The van der Waals surface area contributed by atoms with Gasteiger partial charge in [-0.1, -0.05) is 64.2 Å². The molecule has 0 heterocycles. The summed E-state index contributed by atoms with van der Waals surface area (Å²) in [6.45, 7) is 2.02. The summed E-state index contributed by atoms with van der Waals surface area (Å²) in [5.41, 5.74) is 0. The van der Waals surface area contributed by atoms with Crippen molar-refractivity contribution in [3.05, 3.63) is 45.7 Å². The maximum absolute atomic E-state index is 12.1. The number of phosphoric ester groups is 1. The lowest BCUT2D eigenvalue weighted by Gasteiger charge is -2.12. The second-order valence-electron chi connectivity index (χ2n) is 10.2. The second kappa shape index (κ2) is 24.6. The van der Waals surface area contributed by atoms with Crippen LogP contribution < -0.4 is 9.47 Å². The van der Waals surface area contributed by atoms with Crippen LogP contribution in [0.1, 0.15) is 89.9 Å². The van der Waals surface area contributed by atoms with E-state index in [1.807, 2.05) is 0 Å². The third-order valence-corrected chi connectivity index (χ3v) is 12.0.